The standard InChI is InChI=1S/C18H21NO4/c1-12-14-5-3-4-6-15(14)23-16(12)17(20)19-8-7-18(11-19)9-13(21-2)10-22-18/h3-6,13H,7-11H2,1-2H3/t13-,18+/m1/s1. The molecule has 2 atom stereocenters. The molecule has 1 aromatic carbocycles. The summed E-state index contributed by atoms with van der Waals surface area (Å²) in [7, 11) is 1.71. The minimum atomic E-state index is -0.240. The Morgan fingerprint density at radius 2 is 2.22 bits per heavy atom. The summed E-state index contributed by atoms with van der Waals surface area (Å²) in [6.07, 6.45) is 1.85. The lowest BCUT2D eigenvalue weighted by Gasteiger charge is -2.22. The van der Waals surface area contributed by atoms with Crippen molar-refractivity contribution in [1.82, 2.24) is 4.90 Å². The molecule has 2 aliphatic heterocycles. The van der Waals surface area contributed by atoms with Gasteiger partial charge in [0.25, 0.3) is 5.91 Å². The van der Waals surface area contributed by atoms with E-state index in [1.54, 1.807) is 7.11 Å². The Balaban J connectivity index is 1.57. The highest BCUT2D eigenvalue weighted by molar-refractivity contribution is 5.99. The fourth-order valence-electron chi connectivity index (χ4n) is 3.78. The summed E-state index contributed by atoms with van der Waals surface area (Å²) in [6.45, 7) is 3.87. The summed E-state index contributed by atoms with van der Waals surface area (Å²) >= 11 is 0. The topological polar surface area (TPSA) is 51.9 Å². The van der Waals surface area contributed by atoms with Crippen LogP contribution < -0.4 is 0 Å². The van der Waals surface area contributed by atoms with E-state index in [9.17, 15) is 4.79 Å². The summed E-state index contributed by atoms with van der Waals surface area (Å²) in [6, 6.07) is 7.76. The Bertz CT molecular complexity index is 753. The van der Waals surface area contributed by atoms with Crippen molar-refractivity contribution < 1.29 is 18.7 Å². The van der Waals surface area contributed by atoms with E-state index < -0.39 is 0 Å². The number of amides is 1. The number of benzene rings is 1. The molecular formula is C18H21NO4. The molecule has 2 aliphatic rings. The fourth-order valence-corrected chi connectivity index (χ4v) is 3.78. The number of nitrogens with zero attached hydrogens (tertiary/aromatic N) is 1. The first kappa shape index (κ1) is 14.7. The number of likely N-dealkylation sites (tertiary alicyclic amines) is 1. The predicted molar refractivity (Wildman–Crippen MR) is 85.6 cm³/mol. The molecule has 0 unspecified atom stereocenters. The molecule has 5 heteroatoms. The monoisotopic (exact) mass is 315 g/mol. The molecule has 1 amide bonds. The van der Waals surface area contributed by atoms with Gasteiger partial charge in [-0.15, -0.1) is 0 Å². The van der Waals surface area contributed by atoms with Gasteiger partial charge in [-0.05, 0) is 19.4 Å². The molecule has 2 fully saturated rings. The Labute approximate surface area is 135 Å². The third-order valence-corrected chi connectivity index (χ3v) is 5.15. The minimum Gasteiger partial charge on any atom is -0.451 e. The maximum Gasteiger partial charge on any atom is 0.289 e. The molecule has 0 bridgehead atoms. The highest BCUT2D eigenvalue weighted by Crippen LogP contribution is 2.37. The Hall–Kier alpha value is -1.85. The second-order valence-corrected chi connectivity index (χ2v) is 6.58. The fraction of sp³-hybridized carbons (Fsp3) is 0.500. The zero-order chi connectivity index (χ0) is 16.0. The second-order valence-electron chi connectivity index (χ2n) is 6.58. The third kappa shape index (κ3) is 2.35. The van der Waals surface area contributed by atoms with Gasteiger partial charge in [0.05, 0.1) is 24.9 Å². The van der Waals surface area contributed by atoms with Gasteiger partial charge in [-0.3, -0.25) is 4.79 Å². The Kier molecular flexibility index (Phi) is 3.43. The van der Waals surface area contributed by atoms with E-state index in [0.717, 1.165) is 29.4 Å². The molecule has 4 rings (SSSR count). The number of fused-ring (bicyclic) bond motifs is 1. The summed E-state index contributed by atoms with van der Waals surface area (Å²) in [4.78, 5) is 14.7. The van der Waals surface area contributed by atoms with E-state index >= 15 is 0 Å². The highest BCUT2D eigenvalue weighted by atomic mass is 16.6. The lowest BCUT2D eigenvalue weighted by molar-refractivity contribution is 0.00677. The van der Waals surface area contributed by atoms with Crippen molar-refractivity contribution in [3.05, 3.63) is 35.6 Å². The molecule has 0 aliphatic carbocycles. The lowest BCUT2D eigenvalue weighted by atomic mass is 9.98. The van der Waals surface area contributed by atoms with E-state index in [2.05, 4.69) is 0 Å². The number of hydrogen-bond acceptors (Lipinski definition) is 4. The number of rotatable bonds is 2. The summed E-state index contributed by atoms with van der Waals surface area (Å²) in [5.41, 5.74) is 1.43. The van der Waals surface area contributed by atoms with Crippen LogP contribution >= 0.6 is 0 Å². The van der Waals surface area contributed by atoms with Crippen LogP contribution in [0.5, 0.6) is 0 Å². The van der Waals surface area contributed by atoms with Crippen molar-refractivity contribution >= 4 is 16.9 Å². The first-order valence-corrected chi connectivity index (χ1v) is 8.06. The predicted octanol–water partition coefficient (Wildman–Crippen LogP) is 2.76. The average molecular weight is 315 g/mol. The van der Waals surface area contributed by atoms with Crippen LogP contribution in [0.4, 0.5) is 0 Å². The van der Waals surface area contributed by atoms with Gasteiger partial charge < -0.3 is 18.8 Å². The maximum absolute atomic E-state index is 12.9. The van der Waals surface area contributed by atoms with Crippen LogP contribution in [0.15, 0.2) is 28.7 Å². The number of furan rings is 1. The molecule has 2 saturated heterocycles. The van der Waals surface area contributed by atoms with E-state index in [4.69, 9.17) is 13.9 Å². The SMILES string of the molecule is CO[C@H]1CO[C@@]2(CCN(C(=O)c3oc4ccccc4c3C)C2)C1. The zero-order valence-electron chi connectivity index (χ0n) is 13.5. The molecule has 3 heterocycles. The molecule has 0 N–H and O–H groups in total. The van der Waals surface area contributed by atoms with Crippen molar-refractivity contribution in [2.75, 3.05) is 26.8 Å². The molecule has 0 radical (unpaired) electrons. The van der Waals surface area contributed by atoms with E-state index in [1.807, 2.05) is 36.1 Å². The molecule has 1 aromatic heterocycles. The van der Waals surface area contributed by atoms with Crippen LogP contribution in [0.1, 0.15) is 29.0 Å². The van der Waals surface area contributed by atoms with E-state index in [1.165, 1.54) is 0 Å². The number of ether oxygens (including phenoxy) is 2. The number of para-hydroxylation sites is 1. The van der Waals surface area contributed by atoms with E-state index in [0.29, 0.717) is 25.5 Å². The van der Waals surface area contributed by atoms with Gasteiger partial charge in [-0.1, -0.05) is 18.2 Å². The number of aryl methyl sites for hydroxylation is 1. The lowest BCUT2D eigenvalue weighted by Crippen LogP contribution is -2.36. The van der Waals surface area contributed by atoms with Gasteiger partial charge in [0, 0.05) is 31.0 Å². The summed E-state index contributed by atoms with van der Waals surface area (Å²) in [5.74, 6) is 0.407. The van der Waals surface area contributed by atoms with Crippen LogP contribution in [0, 0.1) is 6.92 Å². The number of carbonyl (C=O) groups excluding carboxylic acids is 1. The molecule has 5 nitrogen and oxygen atoms in total. The van der Waals surface area contributed by atoms with Gasteiger partial charge >= 0.3 is 0 Å². The smallest absolute Gasteiger partial charge is 0.289 e. The van der Waals surface area contributed by atoms with Crippen molar-refractivity contribution in [3.8, 4) is 0 Å². The molecule has 1 spiro atoms. The average Bonchev–Trinajstić information content (AvgIpc) is 3.26. The number of hydrogen-bond donors (Lipinski definition) is 0. The highest BCUT2D eigenvalue weighted by Gasteiger charge is 2.47. The number of carbonyl (C=O) groups is 1. The first-order valence-electron chi connectivity index (χ1n) is 8.06. The van der Waals surface area contributed by atoms with Crippen LogP contribution in [0.25, 0.3) is 11.0 Å². The minimum absolute atomic E-state index is 0.0416. The van der Waals surface area contributed by atoms with Crippen molar-refractivity contribution in [2.24, 2.45) is 0 Å². The Morgan fingerprint density at radius 1 is 1.39 bits per heavy atom. The van der Waals surface area contributed by atoms with Crippen LogP contribution in [0.2, 0.25) is 0 Å². The zero-order valence-corrected chi connectivity index (χ0v) is 13.5. The quantitative estimate of drug-likeness (QED) is 0.855. The summed E-state index contributed by atoms with van der Waals surface area (Å²) < 4.78 is 17.2. The maximum atomic E-state index is 12.9. The van der Waals surface area contributed by atoms with Gasteiger partial charge in [0.1, 0.15) is 5.58 Å². The molecule has 2 aromatic rings. The van der Waals surface area contributed by atoms with Crippen LogP contribution in [0.3, 0.4) is 0 Å². The van der Waals surface area contributed by atoms with Gasteiger partial charge in [0.15, 0.2) is 5.76 Å². The van der Waals surface area contributed by atoms with Crippen LogP contribution in [-0.2, 0) is 9.47 Å². The molecular weight excluding hydrogens is 294 g/mol. The van der Waals surface area contributed by atoms with Gasteiger partial charge in [0.2, 0.25) is 0 Å². The largest absolute Gasteiger partial charge is 0.451 e. The van der Waals surface area contributed by atoms with Crippen LogP contribution in [-0.4, -0.2) is 49.3 Å². The van der Waals surface area contributed by atoms with Crippen molar-refractivity contribution in [1.29, 1.82) is 0 Å². The molecule has 0 saturated carbocycles. The number of methoxy groups -OCH3 is 1. The molecule has 122 valence electrons. The van der Waals surface area contributed by atoms with Crippen molar-refractivity contribution in [3.63, 3.8) is 0 Å². The van der Waals surface area contributed by atoms with Gasteiger partial charge in [-0.2, -0.15) is 0 Å². The third-order valence-electron chi connectivity index (χ3n) is 5.15. The van der Waals surface area contributed by atoms with E-state index in [-0.39, 0.29) is 17.6 Å². The Morgan fingerprint density at radius 3 is 2.96 bits per heavy atom. The normalized spacial score (nSPS) is 27.4. The second kappa shape index (κ2) is 5.35. The summed E-state index contributed by atoms with van der Waals surface area (Å²) in [5, 5.41) is 1.00. The van der Waals surface area contributed by atoms with Crippen molar-refractivity contribution in [2.45, 2.75) is 31.5 Å². The first-order chi connectivity index (χ1) is 11.1. The van der Waals surface area contributed by atoms with Gasteiger partial charge in [-0.25, -0.2) is 0 Å². The molecule has 23 heavy (non-hydrogen) atoms.